The minimum atomic E-state index is -0.919. The van der Waals surface area contributed by atoms with Crippen LogP contribution in [0.4, 0.5) is 5.69 Å². The van der Waals surface area contributed by atoms with Crippen LogP contribution in [0.15, 0.2) is 22.7 Å². The number of aliphatic carboxylic acids is 1. The molecule has 1 aromatic heterocycles. The molecule has 1 aliphatic carbocycles. The SMILES string of the molecule is Nc1ccc2onc(C3(C(=O)O)CCCCC3)c2c1. The van der Waals surface area contributed by atoms with Gasteiger partial charge in [-0.2, -0.15) is 0 Å². The summed E-state index contributed by atoms with van der Waals surface area (Å²) < 4.78 is 5.26. The van der Waals surface area contributed by atoms with Crippen LogP contribution < -0.4 is 5.73 Å². The lowest BCUT2D eigenvalue weighted by Gasteiger charge is -2.31. The van der Waals surface area contributed by atoms with Crippen molar-refractivity contribution in [3.63, 3.8) is 0 Å². The molecule has 2 aromatic rings. The Morgan fingerprint density at radius 1 is 1.32 bits per heavy atom. The molecule has 0 atom stereocenters. The third kappa shape index (κ3) is 1.77. The van der Waals surface area contributed by atoms with Gasteiger partial charge in [0.1, 0.15) is 11.1 Å². The molecular formula is C14H16N2O3. The number of carbonyl (C=O) groups is 1. The van der Waals surface area contributed by atoms with Gasteiger partial charge in [0.2, 0.25) is 0 Å². The van der Waals surface area contributed by atoms with Crippen LogP contribution in [0.1, 0.15) is 37.8 Å². The largest absolute Gasteiger partial charge is 0.481 e. The van der Waals surface area contributed by atoms with Crippen LogP contribution >= 0.6 is 0 Å². The molecule has 1 fully saturated rings. The Kier molecular flexibility index (Phi) is 2.69. The monoisotopic (exact) mass is 260 g/mol. The topological polar surface area (TPSA) is 89.4 Å². The van der Waals surface area contributed by atoms with Crippen molar-refractivity contribution in [3.05, 3.63) is 23.9 Å². The van der Waals surface area contributed by atoms with Crippen molar-refractivity contribution in [1.82, 2.24) is 5.16 Å². The molecule has 0 amide bonds. The van der Waals surface area contributed by atoms with E-state index in [-0.39, 0.29) is 0 Å². The molecule has 3 N–H and O–H groups in total. The quantitative estimate of drug-likeness (QED) is 0.810. The molecule has 0 radical (unpaired) electrons. The Morgan fingerprint density at radius 3 is 2.74 bits per heavy atom. The molecule has 0 bridgehead atoms. The maximum Gasteiger partial charge on any atom is 0.315 e. The van der Waals surface area contributed by atoms with E-state index in [9.17, 15) is 9.90 Å². The number of fused-ring (bicyclic) bond motifs is 1. The summed E-state index contributed by atoms with van der Waals surface area (Å²) >= 11 is 0. The summed E-state index contributed by atoms with van der Waals surface area (Å²) in [5.74, 6) is -0.815. The maximum atomic E-state index is 11.8. The first-order chi connectivity index (χ1) is 9.13. The number of benzene rings is 1. The average molecular weight is 260 g/mol. The van der Waals surface area contributed by atoms with Crippen LogP contribution in [0.25, 0.3) is 11.0 Å². The predicted octanol–water partition coefficient (Wildman–Crippen LogP) is 2.70. The van der Waals surface area contributed by atoms with Gasteiger partial charge in [0, 0.05) is 11.1 Å². The Labute approximate surface area is 110 Å². The average Bonchev–Trinajstić information content (AvgIpc) is 2.82. The molecule has 0 unspecified atom stereocenters. The highest BCUT2D eigenvalue weighted by atomic mass is 16.5. The fraction of sp³-hybridized carbons (Fsp3) is 0.429. The van der Waals surface area contributed by atoms with Crippen molar-refractivity contribution in [2.45, 2.75) is 37.5 Å². The summed E-state index contributed by atoms with van der Waals surface area (Å²) in [6.45, 7) is 0. The molecule has 5 heteroatoms. The molecule has 0 spiro atoms. The molecule has 1 heterocycles. The molecule has 3 rings (SSSR count). The second-order valence-electron chi connectivity index (χ2n) is 5.23. The third-order valence-electron chi connectivity index (χ3n) is 4.06. The minimum absolute atomic E-state index is 0.530. The van der Waals surface area contributed by atoms with Crippen LogP contribution in [0, 0.1) is 0 Å². The van der Waals surface area contributed by atoms with Gasteiger partial charge in [-0.15, -0.1) is 0 Å². The van der Waals surface area contributed by atoms with Gasteiger partial charge in [0.05, 0.1) is 0 Å². The first-order valence-corrected chi connectivity index (χ1v) is 6.52. The zero-order chi connectivity index (χ0) is 13.5. The molecule has 100 valence electrons. The number of hydrogen-bond acceptors (Lipinski definition) is 4. The summed E-state index contributed by atoms with van der Waals surface area (Å²) in [4.78, 5) is 11.8. The number of aromatic nitrogens is 1. The van der Waals surface area contributed by atoms with E-state index >= 15 is 0 Å². The van der Waals surface area contributed by atoms with E-state index < -0.39 is 11.4 Å². The van der Waals surface area contributed by atoms with Crippen molar-refractivity contribution in [3.8, 4) is 0 Å². The highest BCUT2D eigenvalue weighted by Gasteiger charge is 2.45. The minimum Gasteiger partial charge on any atom is -0.481 e. The Morgan fingerprint density at radius 2 is 2.05 bits per heavy atom. The number of anilines is 1. The number of hydrogen-bond donors (Lipinski definition) is 2. The third-order valence-corrected chi connectivity index (χ3v) is 4.06. The van der Waals surface area contributed by atoms with Crippen LogP contribution in [-0.2, 0) is 10.2 Å². The van der Waals surface area contributed by atoms with Crippen LogP contribution in [0.5, 0.6) is 0 Å². The molecule has 5 nitrogen and oxygen atoms in total. The van der Waals surface area contributed by atoms with Crippen LogP contribution in [0.2, 0.25) is 0 Å². The van der Waals surface area contributed by atoms with Gasteiger partial charge in [0.15, 0.2) is 5.58 Å². The second kappa shape index (κ2) is 4.26. The highest BCUT2D eigenvalue weighted by molar-refractivity contribution is 5.91. The lowest BCUT2D eigenvalue weighted by Crippen LogP contribution is -2.38. The first-order valence-electron chi connectivity index (χ1n) is 6.52. The Balaban J connectivity index is 2.20. The number of nitrogens with zero attached hydrogens (tertiary/aromatic N) is 1. The Bertz CT molecular complexity index is 627. The van der Waals surface area contributed by atoms with E-state index in [0.717, 1.165) is 24.6 Å². The summed E-state index contributed by atoms with van der Waals surface area (Å²) in [7, 11) is 0. The van der Waals surface area contributed by atoms with Crippen LogP contribution in [0.3, 0.4) is 0 Å². The lowest BCUT2D eigenvalue weighted by atomic mass is 9.71. The van der Waals surface area contributed by atoms with E-state index in [2.05, 4.69) is 5.16 Å². The molecule has 0 aliphatic heterocycles. The molecule has 1 aliphatic rings. The fourth-order valence-electron chi connectivity index (χ4n) is 3.01. The van der Waals surface area contributed by atoms with E-state index in [4.69, 9.17) is 10.3 Å². The van der Waals surface area contributed by atoms with Gasteiger partial charge < -0.3 is 15.4 Å². The molecule has 1 aromatic carbocycles. The fourth-order valence-corrected chi connectivity index (χ4v) is 3.01. The Hall–Kier alpha value is -2.04. The van der Waals surface area contributed by atoms with Gasteiger partial charge in [-0.05, 0) is 31.0 Å². The van der Waals surface area contributed by atoms with Crippen molar-refractivity contribution >= 4 is 22.6 Å². The van der Waals surface area contributed by atoms with E-state index in [1.54, 1.807) is 18.2 Å². The van der Waals surface area contributed by atoms with Gasteiger partial charge in [-0.1, -0.05) is 24.4 Å². The predicted molar refractivity (Wildman–Crippen MR) is 70.8 cm³/mol. The standard InChI is InChI=1S/C14H16N2O3/c15-9-4-5-11-10(8-9)12(16-19-11)14(13(17)18)6-2-1-3-7-14/h4-5,8H,1-3,6-7,15H2,(H,17,18). The van der Waals surface area contributed by atoms with Crippen molar-refractivity contribution in [2.24, 2.45) is 0 Å². The van der Waals surface area contributed by atoms with Gasteiger partial charge in [-0.3, -0.25) is 4.79 Å². The van der Waals surface area contributed by atoms with Gasteiger partial charge in [-0.25, -0.2) is 0 Å². The van der Waals surface area contributed by atoms with Gasteiger partial charge in [0.25, 0.3) is 0 Å². The summed E-state index contributed by atoms with van der Waals surface area (Å²) in [5.41, 5.74) is 6.58. The van der Waals surface area contributed by atoms with E-state index in [1.807, 2.05) is 0 Å². The second-order valence-corrected chi connectivity index (χ2v) is 5.23. The van der Waals surface area contributed by atoms with E-state index in [1.165, 1.54) is 0 Å². The normalized spacial score (nSPS) is 18.5. The van der Waals surface area contributed by atoms with E-state index in [0.29, 0.717) is 29.8 Å². The lowest BCUT2D eigenvalue weighted by molar-refractivity contribution is -0.145. The zero-order valence-corrected chi connectivity index (χ0v) is 10.6. The number of carboxylic acids is 1. The van der Waals surface area contributed by atoms with Crippen molar-refractivity contribution < 1.29 is 14.4 Å². The van der Waals surface area contributed by atoms with Crippen LogP contribution in [-0.4, -0.2) is 16.2 Å². The number of nitrogens with two attached hydrogens (primary N) is 1. The number of rotatable bonds is 2. The molecule has 0 saturated heterocycles. The number of carboxylic acid groups (broad SMARTS) is 1. The van der Waals surface area contributed by atoms with Gasteiger partial charge >= 0.3 is 5.97 Å². The summed E-state index contributed by atoms with van der Waals surface area (Å²) in [6, 6.07) is 5.21. The summed E-state index contributed by atoms with van der Waals surface area (Å²) in [5, 5.41) is 14.4. The highest BCUT2D eigenvalue weighted by Crippen LogP contribution is 2.42. The smallest absolute Gasteiger partial charge is 0.315 e. The zero-order valence-electron chi connectivity index (χ0n) is 10.6. The first kappa shape index (κ1) is 12.0. The van der Waals surface area contributed by atoms with Crippen molar-refractivity contribution in [1.29, 1.82) is 0 Å². The number of nitrogen functional groups attached to an aromatic ring is 1. The molecule has 1 saturated carbocycles. The maximum absolute atomic E-state index is 11.8. The molecule has 19 heavy (non-hydrogen) atoms. The van der Waals surface area contributed by atoms with Crippen molar-refractivity contribution in [2.75, 3.05) is 5.73 Å². The summed E-state index contributed by atoms with van der Waals surface area (Å²) in [6.07, 6.45) is 4.11. The molecular weight excluding hydrogens is 244 g/mol.